The van der Waals surface area contributed by atoms with Gasteiger partial charge in [-0.05, 0) is 92.2 Å². The number of ketones is 1. The summed E-state index contributed by atoms with van der Waals surface area (Å²) in [5.41, 5.74) is 3.26. The minimum atomic E-state index is -0.572. The first-order chi connectivity index (χ1) is 27.1. The Hall–Kier alpha value is -6.75. The van der Waals surface area contributed by atoms with Crippen LogP contribution in [0.15, 0.2) is 119 Å². The van der Waals surface area contributed by atoms with Crippen LogP contribution in [0.4, 0.5) is 4.39 Å². The monoisotopic (exact) mass is 785 g/mol. The highest BCUT2D eigenvalue weighted by Gasteiger charge is 2.23. The van der Waals surface area contributed by atoms with Gasteiger partial charge in [0.25, 0.3) is 11.1 Å². The van der Waals surface area contributed by atoms with E-state index in [1.165, 1.54) is 29.1 Å². The zero-order valence-corrected chi connectivity index (χ0v) is 31.4. The van der Waals surface area contributed by atoms with Crippen molar-refractivity contribution in [2.24, 2.45) is 0 Å². The molecule has 0 aliphatic rings. The largest absolute Gasteiger partial charge is 0.315 e. The average molecular weight is 787 g/mol. The molecule has 4 heterocycles. The van der Waals surface area contributed by atoms with E-state index < -0.39 is 17.2 Å². The van der Waals surface area contributed by atoms with Crippen LogP contribution in [0.3, 0.4) is 0 Å². The molecule has 278 valence electrons. The Balaban J connectivity index is 0.000000172. The van der Waals surface area contributed by atoms with Crippen LogP contribution in [0.2, 0.25) is 10.0 Å². The molecule has 0 aliphatic carbocycles. The molecular formula is C41H30Cl2FN9O3. The van der Waals surface area contributed by atoms with Crippen molar-refractivity contribution in [2.45, 2.75) is 33.4 Å². The van der Waals surface area contributed by atoms with Crippen LogP contribution in [0, 0.1) is 17.1 Å². The molecule has 4 aromatic carbocycles. The molecule has 0 spiro atoms. The maximum Gasteiger partial charge on any atom is 0.286 e. The Morgan fingerprint density at radius 3 is 1.86 bits per heavy atom. The predicted octanol–water partition coefficient (Wildman–Crippen LogP) is 7.34. The van der Waals surface area contributed by atoms with Crippen LogP contribution in [0.5, 0.6) is 0 Å². The van der Waals surface area contributed by atoms with Crippen molar-refractivity contribution in [1.82, 2.24) is 38.2 Å². The second-order valence-electron chi connectivity index (χ2n) is 12.4. The van der Waals surface area contributed by atoms with E-state index in [0.29, 0.717) is 69.1 Å². The van der Waals surface area contributed by atoms with Crippen LogP contribution in [-0.4, -0.2) is 44.0 Å². The smallest absolute Gasteiger partial charge is 0.286 e. The third-order valence-corrected chi connectivity index (χ3v) is 9.41. The average Bonchev–Trinajstić information content (AvgIpc) is 3.83. The second kappa shape index (κ2) is 15.9. The fourth-order valence-corrected chi connectivity index (χ4v) is 6.40. The first-order valence-electron chi connectivity index (χ1n) is 17.4. The summed E-state index contributed by atoms with van der Waals surface area (Å²) in [6.45, 7) is 5.05. The molecule has 56 heavy (non-hydrogen) atoms. The number of rotatable bonds is 8. The lowest BCUT2D eigenvalue weighted by Gasteiger charge is -2.13. The van der Waals surface area contributed by atoms with Gasteiger partial charge in [0.2, 0.25) is 5.78 Å². The summed E-state index contributed by atoms with van der Waals surface area (Å²) < 4.78 is 19.9. The molecule has 0 unspecified atom stereocenters. The van der Waals surface area contributed by atoms with Gasteiger partial charge < -0.3 is 9.13 Å². The Bertz CT molecular complexity index is 2930. The molecule has 0 N–H and O–H groups in total. The lowest BCUT2D eigenvalue weighted by Crippen LogP contribution is -2.27. The first-order valence-corrected chi connectivity index (χ1v) is 18.1. The zero-order valence-electron chi connectivity index (χ0n) is 29.9. The van der Waals surface area contributed by atoms with E-state index in [0.717, 1.165) is 11.6 Å². The van der Waals surface area contributed by atoms with Gasteiger partial charge in [0.15, 0.2) is 28.2 Å². The Morgan fingerprint density at radius 2 is 1.29 bits per heavy atom. The summed E-state index contributed by atoms with van der Waals surface area (Å²) in [5, 5.41) is 10.2. The predicted molar refractivity (Wildman–Crippen MR) is 211 cm³/mol. The van der Waals surface area contributed by atoms with E-state index in [9.17, 15) is 18.8 Å². The molecule has 0 fully saturated rings. The third kappa shape index (κ3) is 7.35. The lowest BCUT2D eigenvalue weighted by molar-refractivity contribution is 0.102. The van der Waals surface area contributed by atoms with Gasteiger partial charge in [-0.1, -0.05) is 47.5 Å². The van der Waals surface area contributed by atoms with Crippen molar-refractivity contribution < 1.29 is 9.18 Å². The number of aromatic nitrogens is 8. The maximum absolute atomic E-state index is 13.6. The minimum absolute atomic E-state index is 0.0940. The number of carbonyl (C=O) groups excluding carboxylic acids is 1. The fraction of sp³-hybridized carbons (Fsp3) is 0.122. The number of hydrogen-bond acceptors (Lipinski definition) is 8. The molecule has 12 nitrogen and oxygen atoms in total. The molecular weight excluding hydrogens is 756 g/mol. The van der Waals surface area contributed by atoms with E-state index >= 15 is 0 Å². The first kappa shape index (κ1) is 37.6. The van der Waals surface area contributed by atoms with Gasteiger partial charge in [-0.3, -0.25) is 23.5 Å². The number of nitrogens with zero attached hydrogens (tertiary/aromatic N) is 9. The van der Waals surface area contributed by atoms with Crippen molar-refractivity contribution in [3.05, 3.63) is 175 Å². The second-order valence-corrected chi connectivity index (χ2v) is 13.3. The lowest BCUT2D eigenvalue weighted by atomic mass is 10.1. The molecule has 8 aromatic rings. The van der Waals surface area contributed by atoms with Gasteiger partial charge in [0.1, 0.15) is 11.6 Å². The number of carbonyl (C=O) groups is 1. The van der Waals surface area contributed by atoms with Crippen LogP contribution in [-0.2, 0) is 19.5 Å². The van der Waals surface area contributed by atoms with E-state index in [4.69, 9.17) is 33.4 Å². The summed E-state index contributed by atoms with van der Waals surface area (Å²) in [5.74, 6) is -0.672. The molecule has 0 saturated carbocycles. The molecule has 0 atom stereocenters. The number of halogens is 3. The summed E-state index contributed by atoms with van der Waals surface area (Å²) in [4.78, 5) is 57.1. The van der Waals surface area contributed by atoms with E-state index in [1.807, 2.05) is 30.5 Å². The van der Waals surface area contributed by atoms with Crippen molar-refractivity contribution in [3.63, 3.8) is 0 Å². The van der Waals surface area contributed by atoms with Gasteiger partial charge in [-0.25, -0.2) is 24.3 Å². The molecule has 0 saturated heterocycles. The normalized spacial score (nSPS) is 11.0. The highest BCUT2D eigenvalue weighted by molar-refractivity contribution is 6.30. The minimum Gasteiger partial charge on any atom is -0.315 e. The van der Waals surface area contributed by atoms with Crippen LogP contribution in [0.1, 0.15) is 47.0 Å². The van der Waals surface area contributed by atoms with Crippen LogP contribution < -0.4 is 11.1 Å². The number of nitriles is 1. The van der Waals surface area contributed by atoms with E-state index in [2.05, 4.69) is 21.0 Å². The van der Waals surface area contributed by atoms with Crippen LogP contribution >= 0.6 is 23.2 Å². The highest BCUT2D eigenvalue weighted by atomic mass is 35.5. The van der Waals surface area contributed by atoms with E-state index in [1.54, 1.807) is 76.1 Å². The summed E-state index contributed by atoms with van der Waals surface area (Å²) >= 11 is 12.0. The van der Waals surface area contributed by atoms with Crippen molar-refractivity contribution in [1.29, 1.82) is 5.26 Å². The van der Waals surface area contributed by atoms with E-state index in [-0.39, 0.29) is 22.5 Å². The summed E-state index contributed by atoms with van der Waals surface area (Å²) in [6, 6.07) is 28.2. The molecule has 15 heteroatoms. The van der Waals surface area contributed by atoms with Gasteiger partial charge in [0.05, 0.1) is 35.7 Å². The number of aryl methyl sites for hydroxylation is 2. The summed E-state index contributed by atoms with van der Waals surface area (Å²) in [6.07, 6.45) is 3.53. The Kier molecular flexibility index (Phi) is 10.7. The molecule has 0 bridgehead atoms. The quantitative estimate of drug-likeness (QED) is 0.146. The van der Waals surface area contributed by atoms with Gasteiger partial charge in [0, 0.05) is 35.1 Å². The standard InChI is InChI=1S/C21H16ClN5O.C20H14ClFN4O2/c1-2-26-13-24-19-20(26)25-18(11-14-4-3-5-15(10-14)12-23)27(21(19)28)17-8-6-16(22)7-9-17;1-2-25-11-23-16-18(25)24-19(17(27)12-4-3-5-14(22)10-12)26(20(16)28)15-8-6-13(21)7-9-15/h3-10,13H,2,11H2,1H3;3-11H,2H2,1H3. The topological polar surface area (TPSA) is 146 Å². The number of fused-ring (bicyclic) bond motifs is 2. The van der Waals surface area contributed by atoms with Gasteiger partial charge >= 0.3 is 0 Å². The number of benzene rings is 4. The van der Waals surface area contributed by atoms with Crippen molar-refractivity contribution >= 4 is 51.3 Å². The van der Waals surface area contributed by atoms with Crippen molar-refractivity contribution in [3.8, 4) is 17.4 Å². The number of imidazole rings is 2. The molecule has 0 aliphatic heterocycles. The molecule has 0 radical (unpaired) electrons. The number of hydrogen-bond donors (Lipinski definition) is 0. The molecule has 4 aromatic heterocycles. The molecule has 8 rings (SSSR count). The van der Waals surface area contributed by atoms with Crippen LogP contribution in [0.25, 0.3) is 33.7 Å². The Morgan fingerprint density at radius 1 is 0.732 bits per heavy atom. The van der Waals surface area contributed by atoms with Gasteiger partial charge in [-0.15, -0.1) is 0 Å². The maximum atomic E-state index is 13.6. The molecule has 0 amide bonds. The van der Waals surface area contributed by atoms with Gasteiger partial charge in [-0.2, -0.15) is 5.26 Å². The zero-order chi connectivity index (χ0) is 39.5. The SMILES string of the molecule is CCn1cnc2c(=O)n(-c3ccc(Cl)cc3)c(C(=O)c3cccc(F)c3)nc21.CCn1cnc2c(=O)n(-c3ccc(Cl)cc3)c(Cc3cccc(C#N)c3)nc21. The third-order valence-electron chi connectivity index (χ3n) is 8.91. The van der Waals surface area contributed by atoms with Crippen molar-refractivity contribution in [2.75, 3.05) is 0 Å². The highest BCUT2D eigenvalue weighted by Crippen LogP contribution is 2.20. The fourth-order valence-electron chi connectivity index (χ4n) is 6.15. The Labute approximate surface area is 328 Å². The summed E-state index contributed by atoms with van der Waals surface area (Å²) in [7, 11) is 0.